The van der Waals surface area contributed by atoms with Crippen LogP contribution in [-0.2, 0) is 6.54 Å². The molecule has 27 heavy (non-hydrogen) atoms. The molecule has 3 rings (SSSR count). The summed E-state index contributed by atoms with van der Waals surface area (Å²) in [4.78, 5) is 16.3. The third kappa shape index (κ3) is 4.41. The van der Waals surface area contributed by atoms with Crippen LogP contribution in [0.3, 0.4) is 0 Å². The number of rotatable bonds is 6. The molecule has 0 spiro atoms. The SMILES string of the molecule is COc1ccc(C)c(Nc2nc(=O)c(OC)cn2Cc2cccc(Cl)c2)c1. The second-order valence-electron chi connectivity index (χ2n) is 6.00. The maximum absolute atomic E-state index is 12.2. The Kier molecular flexibility index (Phi) is 5.66. The molecule has 1 N–H and O–H groups in total. The van der Waals surface area contributed by atoms with Gasteiger partial charge < -0.3 is 19.4 Å². The van der Waals surface area contributed by atoms with Gasteiger partial charge >= 0.3 is 5.56 Å². The number of aryl methyl sites for hydroxylation is 1. The van der Waals surface area contributed by atoms with Gasteiger partial charge in [-0.2, -0.15) is 4.98 Å². The van der Waals surface area contributed by atoms with Crippen LogP contribution in [0.15, 0.2) is 53.5 Å². The van der Waals surface area contributed by atoms with E-state index >= 15 is 0 Å². The number of nitrogens with zero attached hydrogens (tertiary/aromatic N) is 2. The Morgan fingerprint density at radius 3 is 2.67 bits per heavy atom. The summed E-state index contributed by atoms with van der Waals surface area (Å²) in [5.41, 5.74) is 2.32. The second-order valence-corrected chi connectivity index (χ2v) is 6.44. The lowest BCUT2D eigenvalue weighted by Gasteiger charge is -2.17. The number of anilines is 2. The van der Waals surface area contributed by atoms with Crippen molar-refractivity contribution in [1.82, 2.24) is 9.55 Å². The highest BCUT2D eigenvalue weighted by Gasteiger charge is 2.12. The van der Waals surface area contributed by atoms with Crippen LogP contribution in [0.5, 0.6) is 11.5 Å². The Hall–Kier alpha value is -2.99. The minimum atomic E-state index is -0.442. The van der Waals surface area contributed by atoms with Crippen LogP contribution in [0.1, 0.15) is 11.1 Å². The number of halogens is 1. The molecular weight excluding hydrogens is 366 g/mol. The molecule has 0 aliphatic rings. The predicted molar refractivity (Wildman–Crippen MR) is 107 cm³/mol. The third-order valence-electron chi connectivity index (χ3n) is 4.12. The van der Waals surface area contributed by atoms with Crippen LogP contribution in [0.4, 0.5) is 11.6 Å². The highest BCUT2D eigenvalue weighted by molar-refractivity contribution is 6.30. The van der Waals surface area contributed by atoms with E-state index in [0.717, 1.165) is 16.8 Å². The first-order valence-electron chi connectivity index (χ1n) is 8.31. The van der Waals surface area contributed by atoms with E-state index in [4.69, 9.17) is 21.1 Å². The Morgan fingerprint density at radius 1 is 1.15 bits per heavy atom. The van der Waals surface area contributed by atoms with E-state index in [9.17, 15) is 4.79 Å². The van der Waals surface area contributed by atoms with Crippen LogP contribution >= 0.6 is 11.6 Å². The van der Waals surface area contributed by atoms with Crippen LogP contribution in [0.25, 0.3) is 0 Å². The Morgan fingerprint density at radius 2 is 1.96 bits per heavy atom. The standard InChI is InChI=1S/C20H20ClN3O3/c1-13-7-8-16(26-2)10-17(13)22-20-23-19(25)18(27-3)12-24(20)11-14-5-4-6-15(21)9-14/h4-10,12H,11H2,1-3H3,(H,22,23,25). The molecule has 3 aromatic rings. The van der Waals surface area contributed by atoms with Crippen molar-refractivity contribution >= 4 is 23.2 Å². The first-order chi connectivity index (χ1) is 13.0. The minimum absolute atomic E-state index is 0.171. The van der Waals surface area contributed by atoms with E-state index in [0.29, 0.717) is 23.3 Å². The lowest BCUT2D eigenvalue weighted by atomic mass is 10.2. The summed E-state index contributed by atoms with van der Waals surface area (Å²) in [6.45, 7) is 2.43. The van der Waals surface area contributed by atoms with Gasteiger partial charge in [0.1, 0.15) is 5.75 Å². The van der Waals surface area contributed by atoms with E-state index in [1.54, 1.807) is 13.3 Å². The Balaban J connectivity index is 2.03. The molecule has 0 unspecified atom stereocenters. The van der Waals surface area contributed by atoms with Gasteiger partial charge in [-0.3, -0.25) is 4.79 Å². The molecule has 0 aliphatic carbocycles. The fraction of sp³-hybridized carbons (Fsp3) is 0.200. The first-order valence-corrected chi connectivity index (χ1v) is 8.69. The van der Waals surface area contributed by atoms with Crippen molar-refractivity contribution in [1.29, 1.82) is 0 Å². The Bertz CT molecular complexity index is 1020. The molecule has 0 radical (unpaired) electrons. The average Bonchev–Trinajstić information content (AvgIpc) is 2.65. The molecule has 6 nitrogen and oxygen atoms in total. The molecule has 0 aliphatic heterocycles. The van der Waals surface area contributed by atoms with Gasteiger partial charge in [-0.1, -0.05) is 29.8 Å². The molecule has 2 aromatic carbocycles. The van der Waals surface area contributed by atoms with E-state index in [2.05, 4.69) is 10.3 Å². The zero-order valence-electron chi connectivity index (χ0n) is 15.3. The van der Waals surface area contributed by atoms with Crippen molar-refractivity contribution in [3.8, 4) is 11.5 Å². The summed E-state index contributed by atoms with van der Waals surface area (Å²) < 4.78 is 12.2. The van der Waals surface area contributed by atoms with Crippen LogP contribution < -0.4 is 20.3 Å². The molecular formula is C20H20ClN3O3. The number of benzene rings is 2. The van der Waals surface area contributed by atoms with Crippen molar-refractivity contribution in [2.24, 2.45) is 0 Å². The van der Waals surface area contributed by atoms with Gasteiger partial charge in [0.15, 0.2) is 0 Å². The van der Waals surface area contributed by atoms with Crippen LogP contribution in [-0.4, -0.2) is 23.8 Å². The van der Waals surface area contributed by atoms with E-state index in [1.807, 2.05) is 54.0 Å². The zero-order valence-corrected chi connectivity index (χ0v) is 16.1. The van der Waals surface area contributed by atoms with Crippen molar-refractivity contribution in [3.63, 3.8) is 0 Å². The number of nitrogens with one attached hydrogen (secondary N) is 1. The van der Waals surface area contributed by atoms with Gasteiger partial charge in [0.25, 0.3) is 0 Å². The van der Waals surface area contributed by atoms with Gasteiger partial charge in [0, 0.05) is 16.8 Å². The normalized spacial score (nSPS) is 10.5. The van der Waals surface area contributed by atoms with Gasteiger partial charge in [-0.15, -0.1) is 0 Å². The van der Waals surface area contributed by atoms with E-state index < -0.39 is 5.56 Å². The zero-order chi connectivity index (χ0) is 19.4. The molecule has 0 amide bonds. The van der Waals surface area contributed by atoms with Crippen LogP contribution in [0, 0.1) is 6.92 Å². The number of hydrogen-bond donors (Lipinski definition) is 1. The fourth-order valence-electron chi connectivity index (χ4n) is 2.65. The largest absolute Gasteiger partial charge is 0.497 e. The van der Waals surface area contributed by atoms with E-state index in [-0.39, 0.29) is 5.75 Å². The average molecular weight is 386 g/mol. The van der Waals surface area contributed by atoms with E-state index in [1.165, 1.54) is 7.11 Å². The highest BCUT2D eigenvalue weighted by Crippen LogP contribution is 2.25. The molecule has 1 heterocycles. The highest BCUT2D eigenvalue weighted by atomic mass is 35.5. The second kappa shape index (κ2) is 8.14. The molecule has 0 atom stereocenters. The smallest absolute Gasteiger partial charge is 0.316 e. The number of methoxy groups -OCH3 is 2. The maximum atomic E-state index is 12.2. The van der Waals surface area contributed by atoms with Gasteiger partial charge in [-0.05, 0) is 36.2 Å². The molecule has 140 valence electrons. The molecule has 0 saturated heterocycles. The molecule has 0 bridgehead atoms. The fourth-order valence-corrected chi connectivity index (χ4v) is 2.86. The first kappa shape index (κ1) is 18.8. The molecule has 0 fully saturated rings. The van der Waals surface area contributed by atoms with Crippen molar-refractivity contribution in [2.75, 3.05) is 19.5 Å². The summed E-state index contributed by atoms with van der Waals surface area (Å²) in [7, 11) is 3.05. The maximum Gasteiger partial charge on any atom is 0.316 e. The van der Waals surface area contributed by atoms with Crippen LogP contribution in [0.2, 0.25) is 5.02 Å². The molecule has 7 heteroatoms. The molecule has 1 aromatic heterocycles. The van der Waals surface area contributed by atoms with Crippen molar-refractivity contribution in [3.05, 3.63) is 75.2 Å². The summed E-state index contributed by atoms with van der Waals surface area (Å²) in [6.07, 6.45) is 1.63. The molecule has 0 saturated carbocycles. The lowest BCUT2D eigenvalue weighted by Crippen LogP contribution is -2.19. The summed E-state index contributed by atoms with van der Waals surface area (Å²) in [5, 5.41) is 3.87. The lowest BCUT2D eigenvalue weighted by molar-refractivity contribution is 0.402. The van der Waals surface area contributed by atoms with Gasteiger partial charge in [0.2, 0.25) is 11.7 Å². The minimum Gasteiger partial charge on any atom is -0.497 e. The number of hydrogen-bond acceptors (Lipinski definition) is 5. The van der Waals surface area contributed by atoms with Gasteiger partial charge in [-0.25, -0.2) is 0 Å². The summed E-state index contributed by atoms with van der Waals surface area (Å²) in [6, 6.07) is 13.2. The third-order valence-corrected chi connectivity index (χ3v) is 4.35. The summed E-state index contributed by atoms with van der Waals surface area (Å²) in [5.74, 6) is 1.28. The van der Waals surface area contributed by atoms with Crippen molar-refractivity contribution < 1.29 is 9.47 Å². The van der Waals surface area contributed by atoms with Crippen molar-refractivity contribution in [2.45, 2.75) is 13.5 Å². The quantitative estimate of drug-likeness (QED) is 0.694. The number of ether oxygens (including phenoxy) is 2. The monoisotopic (exact) mass is 385 g/mol. The summed E-state index contributed by atoms with van der Waals surface area (Å²) >= 11 is 6.09. The van der Waals surface area contributed by atoms with Gasteiger partial charge in [0.05, 0.1) is 27.0 Å². The predicted octanol–water partition coefficient (Wildman–Crippen LogP) is 4.01. The topological polar surface area (TPSA) is 65.4 Å². The number of aromatic nitrogens is 2. The Labute approximate surface area is 162 Å².